The van der Waals surface area contributed by atoms with Crippen molar-refractivity contribution in [2.24, 2.45) is 0 Å². The highest BCUT2D eigenvalue weighted by Crippen LogP contribution is 2.29. The monoisotopic (exact) mass is 421 g/mol. The van der Waals surface area contributed by atoms with Crippen LogP contribution in [0.1, 0.15) is 29.7 Å². The first-order valence-corrected chi connectivity index (χ1v) is 10.9. The third-order valence-corrected chi connectivity index (χ3v) is 6.46. The Balaban J connectivity index is 1.52. The van der Waals surface area contributed by atoms with Crippen LogP contribution in [0.4, 0.5) is 5.82 Å². The van der Waals surface area contributed by atoms with Gasteiger partial charge < -0.3 is 14.6 Å². The Kier molecular flexibility index (Phi) is 6.02. The SMILES string of the molecule is Cc1c(C#N)c(NC(=O)CSc2ncnc3ccccc23)n(CC2CCCO2)c1C. The predicted molar refractivity (Wildman–Crippen MR) is 116 cm³/mol. The van der Waals surface area contributed by atoms with Crippen molar-refractivity contribution in [3.63, 3.8) is 0 Å². The van der Waals surface area contributed by atoms with Gasteiger partial charge in [0, 0.05) is 17.7 Å². The zero-order valence-corrected chi connectivity index (χ0v) is 17.8. The number of nitrogens with zero attached hydrogens (tertiary/aromatic N) is 4. The van der Waals surface area contributed by atoms with Gasteiger partial charge >= 0.3 is 0 Å². The Labute approximate surface area is 179 Å². The summed E-state index contributed by atoms with van der Waals surface area (Å²) in [6.07, 6.45) is 3.65. The van der Waals surface area contributed by atoms with E-state index in [-0.39, 0.29) is 17.8 Å². The molecular weight excluding hydrogens is 398 g/mol. The number of fused-ring (bicyclic) bond motifs is 1. The van der Waals surface area contributed by atoms with Gasteiger partial charge in [-0.3, -0.25) is 4.79 Å². The molecule has 8 heteroatoms. The first-order valence-electron chi connectivity index (χ1n) is 9.92. The van der Waals surface area contributed by atoms with Gasteiger partial charge in [0.05, 0.1) is 29.5 Å². The quantitative estimate of drug-likeness (QED) is 0.480. The van der Waals surface area contributed by atoms with Gasteiger partial charge in [0.1, 0.15) is 23.2 Å². The number of thioether (sulfide) groups is 1. The average Bonchev–Trinajstić information content (AvgIpc) is 3.35. The number of nitrogens with one attached hydrogen (secondary N) is 1. The lowest BCUT2D eigenvalue weighted by molar-refractivity contribution is -0.113. The molecule has 1 atom stereocenters. The summed E-state index contributed by atoms with van der Waals surface area (Å²) in [5.41, 5.74) is 3.22. The molecule has 0 spiro atoms. The third kappa shape index (κ3) is 4.04. The highest BCUT2D eigenvalue weighted by molar-refractivity contribution is 8.00. The number of nitriles is 1. The molecule has 3 aromatic rings. The predicted octanol–water partition coefficient (Wildman–Crippen LogP) is 3.83. The molecule has 1 aliphatic rings. The highest BCUT2D eigenvalue weighted by Gasteiger charge is 2.24. The van der Waals surface area contributed by atoms with E-state index in [1.807, 2.05) is 42.7 Å². The van der Waals surface area contributed by atoms with Gasteiger partial charge in [-0.2, -0.15) is 5.26 Å². The van der Waals surface area contributed by atoms with Crippen LogP contribution in [0, 0.1) is 25.2 Å². The first kappa shape index (κ1) is 20.4. The molecule has 7 nitrogen and oxygen atoms in total. The fourth-order valence-corrected chi connectivity index (χ4v) is 4.54. The summed E-state index contributed by atoms with van der Waals surface area (Å²) in [5.74, 6) is 0.571. The van der Waals surface area contributed by atoms with Gasteiger partial charge in [0.15, 0.2) is 0 Å². The molecule has 1 aliphatic heterocycles. The molecule has 154 valence electrons. The Morgan fingerprint density at radius 1 is 1.37 bits per heavy atom. The summed E-state index contributed by atoms with van der Waals surface area (Å²) in [6.45, 7) is 5.29. The second-order valence-corrected chi connectivity index (χ2v) is 8.29. The fourth-order valence-electron chi connectivity index (χ4n) is 3.75. The number of hydrogen-bond acceptors (Lipinski definition) is 6. The summed E-state index contributed by atoms with van der Waals surface area (Å²) >= 11 is 1.36. The standard InChI is InChI=1S/C22H23N5O2S/c1-14-15(2)27(11-16-6-5-9-29-16)21(18(14)10-23)26-20(28)12-30-22-17-7-3-4-8-19(17)24-13-25-22/h3-4,7-8,13,16H,5-6,9,11-12H2,1-2H3,(H,26,28). The molecule has 1 fully saturated rings. The number of amides is 1. The van der Waals surface area contributed by atoms with Gasteiger partial charge in [-0.05, 0) is 38.3 Å². The lowest BCUT2D eigenvalue weighted by atomic mass is 10.2. The van der Waals surface area contributed by atoms with Crippen LogP contribution >= 0.6 is 11.8 Å². The van der Waals surface area contributed by atoms with E-state index in [0.717, 1.165) is 46.6 Å². The molecule has 1 aromatic carbocycles. The lowest BCUT2D eigenvalue weighted by Gasteiger charge is -2.16. The molecule has 0 radical (unpaired) electrons. The summed E-state index contributed by atoms with van der Waals surface area (Å²) in [5, 5.41) is 14.3. The van der Waals surface area contributed by atoms with Crippen LogP contribution in [0.15, 0.2) is 35.6 Å². The van der Waals surface area contributed by atoms with Gasteiger partial charge in [0.25, 0.3) is 0 Å². The molecule has 4 rings (SSSR count). The molecule has 1 saturated heterocycles. The number of anilines is 1. The van der Waals surface area contributed by atoms with Crippen molar-refractivity contribution in [3.05, 3.63) is 47.4 Å². The zero-order chi connectivity index (χ0) is 21.1. The Morgan fingerprint density at radius 2 is 2.20 bits per heavy atom. The van der Waals surface area contributed by atoms with Crippen molar-refractivity contribution in [1.29, 1.82) is 5.26 Å². The van der Waals surface area contributed by atoms with E-state index in [1.165, 1.54) is 18.1 Å². The second-order valence-electron chi connectivity index (χ2n) is 7.32. The summed E-state index contributed by atoms with van der Waals surface area (Å²) in [7, 11) is 0. The number of carbonyl (C=O) groups is 1. The smallest absolute Gasteiger partial charge is 0.235 e. The van der Waals surface area contributed by atoms with Gasteiger partial charge in [-0.25, -0.2) is 9.97 Å². The van der Waals surface area contributed by atoms with Gasteiger partial charge in [0.2, 0.25) is 5.91 Å². The van der Waals surface area contributed by atoms with Gasteiger partial charge in [-0.15, -0.1) is 0 Å². The maximum absolute atomic E-state index is 12.8. The molecule has 2 aromatic heterocycles. The van der Waals surface area contributed by atoms with Crippen molar-refractivity contribution in [3.8, 4) is 6.07 Å². The molecule has 1 N–H and O–H groups in total. The molecule has 0 aliphatic carbocycles. The maximum Gasteiger partial charge on any atom is 0.235 e. The molecule has 3 heterocycles. The third-order valence-electron chi connectivity index (χ3n) is 5.46. The number of hydrogen-bond donors (Lipinski definition) is 1. The minimum Gasteiger partial charge on any atom is -0.376 e. The van der Waals surface area contributed by atoms with Crippen LogP contribution in [0.2, 0.25) is 0 Å². The maximum atomic E-state index is 12.8. The number of aromatic nitrogens is 3. The molecular formula is C22H23N5O2S. The second kappa shape index (κ2) is 8.86. The van der Waals surface area contributed by atoms with Crippen molar-refractivity contribution in [2.75, 3.05) is 17.7 Å². The van der Waals surface area contributed by atoms with Crippen molar-refractivity contribution in [2.45, 2.75) is 44.4 Å². The van der Waals surface area contributed by atoms with Crippen molar-refractivity contribution < 1.29 is 9.53 Å². The van der Waals surface area contributed by atoms with Crippen LogP contribution in [0.3, 0.4) is 0 Å². The van der Waals surface area contributed by atoms with E-state index >= 15 is 0 Å². The van der Waals surface area contributed by atoms with E-state index in [1.54, 1.807) is 0 Å². The van der Waals surface area contributed by atoms with E-state index in [2.05, 4.69) is 21.4 Å². The zero-order valence-electron chi connectivity index (χ0n) is 17.0. The number of ether oxygens (including phenoxy) is 1. The molecule has 1 amide bonds. The number of rotatable bonds is 6. The van der Waals surface area contributed by atoms with E-state index in [4.69, 9.17) is 4.74 Å². The van der Waals surface area contributed by atoms with E-state index in [0.29, 0.717) is 17.9 Å². The Morgan fingerprint density at radius 3 is 2.97 bits per heavy atom. The molecule has 0 saturated carbocycles. The lowest BCUT2D eigenvalue weighted by Crippen LogP contribution is -2.22. The van der Waals surface area contributed by atoms with Crippen molar-refractivity contribution in [1.82, 2.24) is 14.5 Å². The Hall–Kier alpha value is -2.89. The summed E-state index contributed by atoms with van der Waals surface area (Å²) in [6, 6.07) is 9.97. The number of para-hydroxylation sites is 1. The summed E-state index contributed by atoms with van der Waals surface area (Å²) in [4.78, 5) is 21.3. The highest BCUT2D eigenvalue weighted by atomic mass is 32.2. The Bertz CT molecular complexity index is 1120. The number of carbonyl (C=O) groups excluding carboxylic acids is 1. The fraction of sp³-hybridized carbons (Fsp3) is 0.364. The largest absolute Gasteiger partial charge is 0.376 e. The average molecular weight is 422 g/mol. The topological polar surface area (TPSA) is 92.8 Å². The van der Waals surface area contributed by atoms with Crippen molar-refractivity contribution >= 4 is 34.4 Å². The molecule has 1 unspecified atom stereocenters. The van der Waals surface area contributed by atoms with E-state index < -0.39 is 0 Å². The minimum atomic E-state index is -0.176. The molecule has 0 bridgehead atoms. The van der Waals surface area contributed by atoms with Crippen LogP contribution < -0.4 is 5.32 Å². The first-order chi connectivity index (χ1) is 14.6. The normalized spacial score (nSPS) is 16.0. The van der Waals surface area contributed by atoms with E-state index in [9.17, 15) is 10.1 Å². The number of benzene rings is 1. The van der Waals surface area contributed by atoms with Crippen LogP contribution in [-0.4, -0.2) is 38.9 Å². The van der Waals surface area contributed by atoms with Crippen LogP contribution in [-0.2, 0) is 16.1 Å². The van der Waals surface area contributed by atoms with Crippen LogP contribution in [0.25, 0.3) is 10.9 Å². The molecule has 30 heavy (non-hydrogen) atoms. The summed E-state index contributed by atoms with van der Waals surface area (Å²) < 4.78 is 7.77. The van der Waals surface area contributed by atoms with Crippen LogP contribution in [0.5, 0.6) is 0 Å². The van der Waals surface area contributed by atoms with Gasteiger partial charge in [-0.1, -0.05) is 30.0 Å². The minimum absolute atomic E-state index is 0.111.